The molecule has 0 saturated carbocycles. The lowest BCUT2D eigenvalue weighted by molar-refractivity contribution is 0.0968. The highest BCUT2D eigenvalue weighted by molar-refractivity contribution is 5.88. The van der Waals surface area contributed by atoms with Gasteiger partial charge in [-0.2, -0.15) is 0 Å². The minimum atomic E-state index is -0.207. The Hall–Kier alpha value is -1.62. The summed E-state index contributed by atoms with van der Waals surface area (Å²) in [6, 6.07) is 0. The van der Waals surface area contributed by atoms with Gasteiger partial charge in [0.2, 0.25) is 0 Å². The lowest BCUT2D eigenvalue weighted by Gasteiger charge is -2.25. The number of likely N-dealkylation sites (tertiary alicyclic amines) is 1. The zero-order valence-electron chi connectivity index (χ0n) is 13.3. The van der Waals surface area contributed by atoms with Gasteiger partial charge in [-0.1, -0.05) is 11.6 Å². The molecule has 21 heavy (non-hydrogen) atoms. The molecule has 0 radical (unpaired) electrons. The number of ether oxygens (including phenoxy) is 1. The number of allylic oxidation sites excluding steroid dienone is 3. The quantitative estimate of drug-likeness (QED) is 0.802. The number of nitrogens with zero attached hydrogens (tertiary/aromatic N) is 3. The molecule has 5 heteroatoms. The molecule has 2 bridgehead atoms. The van der Waals surface area contributed by atoms with Crippen LogP contribution in [0.3, 0.4) is 0 Å². The van der Waals surface area contributed by atoms with Gasteiger partial charge in [-0.25, -0.2) is 4.79 Å². The summed E-state index contributed by atoms with van der Waals surface area (Å²) in [5, 5.41) is 0. The highest BCUT2D eigenvalue weighted by Gasteiger charge is 2.20. The van der Waals surface area contributed by atoms with Crippen LogP contribution in [0, 0.1) is 0 Å². The van der Waals surface area contributed by atoms with Gasteiger partial charge in [0.05, 0.1) is 0 Å². The van der Waals surface area contributed by atoms with Crippen molar-refractivity contribution in [1.82, 2.24) is 9.80 Å². The maximum absolute atomic E-state index is 12.1. The van der Waals surface area contributed by atoms with Crippen molar-refractivity contribution >= 4 is 11.8 Å². The van der Waals surface area contributed by atoms with Crippen molar-refractivity contribution in [3.05, 3.63) is 23.4 Å². The monoisotopic (exact) mass is 291 g/mol. The third kappa shape index (κ3) is 5.01. The predicted molar refractivity (Wildman–Crippen MR) is 84.6 cm³/mol. The van der Waals surface area contributed by atoms with Crippen molar-refractivity contribution in [1.29, 1.82) is 0 Å². The fraction of sp³-hybridized carbons (Fsp3) is 0.625. The molecule has 5 nitrogen and oxygen atoms in total. The van der Waals surface area contributed by atoms with Crippen LogP contribution in [0.4, 0.5) is 4.79 Å². The Morgan fingerprint density at radius 3 is 2.86 bits per heavy atom. The number of hydrogen-bond acceptors (Lipinski definition) is 4. The first kappa shape index (κ1) is 15.8. The first-order chi connectivity index (χ1) is 10.0. The first-order valence-electron chi connectivity index (χ1n) is 7.54. The summed E-state index contributed by atoms with van der Waals surface area (Å²) in [4.78, 5) is 20.6. The molecule has 0 atom stereocenters. The topological polar surface area (TPSA) is 45.1 Å². The van der Waals surface area contributed by atoms with Gasteiger partial charge in [-0.3, -0.25) is 4.99 Å². The minimum absolute atomic E-state index is 0.207. The summed E-state index contributed by atoms with van der Waals surface area (Å²) in [6.45, 7) is 4.63. The number of amides is 1. The van der Waals surface area contributed by atoms with Crippen molar-refractivity contribution in [2.75, 3.05) is 40.3 Å². The van der Waals surface area contributed by atoms with Gasteiger partial charge >= 0.3 is 6.09 Å². The second kappa shape index (κ2) is 7.41. The van der Waals surface area contributed by atoms with Gasteiger partial charge in [0.1, 0.15) is 6.61 Å². The molecule has 1 amide bonds. The Labute approximate surface area is 127 Å². The molecule has 0 aliphatic carbocycles. The lowest BCUT2D eigenvalue weighted by Crippen LogP contribution is -2.37. The van der Waals surface area contributed by atoms with Gasteiger partial charge in [-0.15, -0.1) is 0 Å². The molecule has 0 N–H and O–H groups in total. The van der Waals surface area contributed by atoms with E-state index < -0.39 is 0 Å². The van der Waals surface area contributed by atoms with E-state index in [1.54, 1.807) is 4.90 Å². The van der Waals surface area contributed by atoms with Crippen LogP contribution in [0.25, 0.3) is 0 Å². The molecule has 0 aromatic carbocycles. The molecular formula is C16H25N3O2. The Morgan fingerprint density at radius 1 is 1.33 bits per heavy atom. The molecule has 2 heterocycles. The van der Waals surface area contributed by atoms with E-state index in [1.807, 2.05) is 25.9 Å². The number of aliphatic imine (C=N–C) groups is 1. The molecule has 2 aliphatic rings. The van der Waals surface area contributed by atoms with Crippen LogP contribution in [0.5, 0.6) is 0 Å². The number of hydrogen-bond donors (Lipinski definition) is 0. The molecule has 0 spiro atoms. The van der Waals surface area contributed by atoms with Crippen molar-refractivity contribution in [2.45, 2.75) is 26.2 Å². The number of rotatable bonds is 3. The van der Waals surface area contributed by atoms with Crippen molar-refractivity contribution < 1.29 is 9.53 Å². The Kier molecular flexibility index (Phi) is 5.56. The van der Waals surface area contributed by atoms with Crippen molar-refractivity contribution in [3.63, 3.8) is 0 Å². The molecule has 0 aromatic rings. The van der Waals surface area contributed by atoms with Crippen LogP contribution < -0.4 is 0 Å². The van der Waals surface area contributed by atoms with Crippen LogP contribution in [0.1, 0.15) is 26.2 Å². The number of carbonyl (C=O) groups excluding carboxylic acids is 1. The van der Waals surface area contributed by atoms with E-state index in [4.69, 9.17) is 4.74 Å². The minimum Gasteiger partial charge on any atom is -0.448 e. The molecule has 0 unspecified atom stereocenters. The molecule has 2 aliphatic heterocycles. The van der Waals surface area contributed by atoms with E-state index in [1.165, 1.54) is 11.3 Å². The Bertz CT molecular complexity index is 478. The van der Waals surface area contributed by atoms with E-state index in [2.05, 4.69) is 17.1 Å². The van der Waals surface area contributed by atoms with E-state index in [9.17, 15) is 4.79 Å². The second-order valence-corrected chi connectivity index (χ2v) is 5.89. The Morgan fingerprint density at radius 2 is 2.10 bits per heavy atom. The molecular weight excluding hydrogens is 266 g/mol. The molecule has 2 rings (SSSR count). The summed E-state index contributed by atoms with van der Waals surface area (Å²) < 4.78 is 5.34. The summed E-state index contributed by atoms with van der Waals surface area (Å²) >= 11 is 0. The summed E-state index contributed by atoms with van der Waals surface area (Å²) in [7, 11) is 3.93. The first-order valence-corrected chi connectivity index (χ1v) is 7.54. The van der Waals surface area contributed by atoms with Gasteiger partial charge in [0.25, 0.3) is 0 Å². The standard InChI is InChI=1S/C16H25N3O2/c1-13-4-5-14-6-8-19(9-7-15(12-14)17-13)16(20)21-11-10-18(2)3/h4-5H,6-12H2,1-3H3. The van der Waals surface area contributed by atoms with E-state index in [0.717, 1.165) is 38.0 Å². The molecule has 116 valence electrons. The van der Waals surface area contributed by atoms with Crippen molar-refractivity contribution in [2.24, 2.45) is 4.99 Å². The lowest BCUT2D eigenvalue weighted by atomic mass is 10.0. The van der Waals surface area contributed by atoms with Crippen LogP contribution in [-0.2, 0) is 4.74 Å². The third-order valence-electron chi connectivity index (χ3n) is 3.72. The average Bonchev–Trinajstić information content (AvgIpc) is 2.58. The summed E-state index contributed by atoms with van der Waals surface area (Å²) in [5.41, 5.74) is 3.55. The largest absolute Gasteiger partial charge is 0.448 e. The third-order valence-corrected chi connectivity index (χ3v) is 3.72. The van der Waals surface area contributed by atoms with Crippen LogP contribution in [-0.4, -0.2) is 61.9 Å². The second-order valence-electron chi connectivity index (χ2n) is 5.89. The van der Waals surface area contributed by atoms with Crippen molar-refractivity contribution in [3.8, 4) is 0 Å². The SMILES string of the molecule is CC1=CC=C2CCN(C(=O)OCCN(C)C)CCC(=N1)C2. The van der Waals surface area contributed by atoms with E-state index in [0.29, 0.717) is 13.2 Å². The average molecular weight is 291 g/mol. The predicted octanol–water partition coefficient (Wildman–Crippen LogP) is 2.46. The molecule has 0 aromatic heterocycles. The normalized spacial score (nSPS) is 19.0. The van der Waals surface area contributed by atoms with Crippen LogP contribution in [0.15, 0.2) is 28.4 Å². The number of likely N-dealkylation sites (N-methyl/N-ethyl adjacent to an activating group) is 1. The maximum atomic E-state index is 12.1. The fourth-order valence-electron chi connectivity index (χ4n) is 2.45. The number of carbonyl (C=O) groups is 1. The number of fused-ring (bicyclic) bond motifs is 2. The maximum Gasteiger partial charge on any atom is 0.409 e. The van der Waals surface area contributed by atoms with Gasteiger partial charge in [0, 0.05) is 43.9 Å². The summed E-state index contributed by atoms with van der Waals surface area (Å²) in [5.74, 6) is 0. The van der Waals surface area contributed by atoms with E-state index >= 15 is 0 Å². The van der Waals surface area contributed by atoms with Crippen LogP contribution in [0.2, 0.25) is 0 Å². The van der Waals surface area contributed by atoms with Gasteiger partial charge < -0.3 is 14.5 Å². The molecule has 1 saturated heterocycles. The smallest absolute Gasteiger partial charge is 0.409 e. The summed E-state index contributed by atoms with van der Waals surface area (Å²) in [6.07, 6.45) is 6.66. The zero-order valence-corrected chi connectivity index (χ0v) is 13.3. The van der Waals surface area contributed by atoms with E-state index in [-0.39, 0.29) is 6.09 Å². The highest BCUT2D eigenvalue weighted by atomic mass is 16.6. The van der Waals surface area contributed by atoms with Gasteiger partial charge in [0.15, 0.2) is 0 Å². The molecule has 1 fully saturated rings. The zero-order chi connectivity index (χ0) is 15.2. The Balaban J connectivity index is 1.93. The highest BCUT2D eigenvalue weighted by Crippen LogP contribution is 2.20. The fourth-order valence-corrected chi connectivity index (χ4v) is 2.45. The van der Waals surface area contributed by atoms with Crippen LogP contribution >= 0.6 is 0 Å². The van der Waals surface area contributed by atoms with Gasteiger partial charge in [-0.05, 0) is 33.5 Å².